The lowest BCUT2D eigenvalue weighted by atomic mass is 10.3. The van der Waals surface area contributed by atoms with E-state index in [2.05, 4.69) is 13.5 Å². The van der Waals surface area contributed by atoms with Crippen molar-refractivity contribution in [2.24, 2.45) is 0 Å². The Morgan fingerprint density at radius 1 is 1.67 bits per heavy atom. The van der Waals surface area contributed by atoms with Crippen LogP contribution in [0.3, 0.4) is 0 Å². The molecule has 0 aromatic carbocycles. The van der Waals surface area contributed by atoms with Crippen LogP contribution in [0, 0.1) is 0 Å². The molecule has 54 valence electrons. The monoisotopic (exact) mass is 151 g/mol. The van der Waals surface area contributed by atoms with Crippen molar-refractivity contribution in [1.29, 1.82) is 0 Å². The van der Waals surface area contributed by atoms with Gasteiger partial charge >= 0.3 is 8.25 Å². The van der Waals surface area contributed by atoms with Gasteiger partial charge in [-0.05, 0) is 6.42 Å². The van der Waals surface area contributed by atoms with E-state index in [0.29, 0.717) is 0 Å². The number of rotatable bonds is 2. The third-order valence-corrected chi connectivity index (χ3v) is 0.493. The lowest BCUT2D eigenvalue weighted by molar-refractivity contribution is 0.405. The Morgan fingerprint density at radius 3 is 2.00 bits per heavy atom. The molecule has 0 heterocycles. The van der Waals surface area contributed by atoms with Gasteiger partial charge < -0.3 is 0 Å². The fraction of sp³-hybridized carbons (Fsp3) is 0.600. The van der Waals surface area contributed by atoms with Gasteiger partial charge in [0.2, 0.25) is 0 Å². The van der Waals surface area contributed by atoms with E-state index in [4.69, 9.17) is 14.4 Å². The van der Waals surface area contributed by atoms with E-state index >= 15 is 0 Å². The Hall–Kier alpha value is -0.240. The zero-order chi connectivity index (χ0) is 7.70. The van der Waals surface area contributed by atoms with Crippen LogP contribution in [0.2, 0.25) is 0 Å². The van der Waals surface area contributed by atoms with Crippen LogP contribution >= 0.6 is 8.25 Å². The van der Waals surface area contributed by atoms with Crippen LogP contribution in [0.15, 0.2) is 12.7 Å². The first-order chi connectivity index (χ1) is 4.15. The number of unbranched alkanes of at least 4 members (excludes halogenated alkanes) is 1. The average Bonchev–Trinajstić information content (AvgIpc) is 1.66. The van der Waals surface area contributed by atoms with E-state index in [1.807, 2.05) is 6.08 Å². The third-order valence-electron chi connectivity index (χ3n) is 0.493. The molecule has 4 heteroatoms. The predicted molar refractivity (Wildman–Crippen MR) is 37.1 cm³/mol. The van der Waals surface area contributed by atoms with E-state index in [9.17, 15) is 0 Å². The minimum absolute atomic E-state index is 1.15. The smallest absolute Gasteiger partial charge is 0.134 e. The lowest BCUT2D eigenvalue weighted by Crippen LogP contribution is -1.52. The molecule has 0 aromatic heterocycles. The van der Waals surface area contributed by atoms with Crippen LogP contribution in [0.5, 0.6) is 0 Å². The summed E-state index contributed by atoms with van der Waals surface area (Å²) >= 11 is 0. The minimum Gasteiger partial charge on any atom is -0.134 e. The SMILES string of the molecule is C=CCCC.O=[P+](O)O. The second-order valence-electron chi connectivity index (χ2n) is 1.33. The topological polar surface area (TPSA) is 57.5 Å². The van der Waals surface area contributed by atoms with Gasteiger partial charge in [0.05, 0.1) is 0 Å². The maximum absolute atomic E-state index is 8.70. The molecule has 0 bridgehead atoms. The average molecular weight is 151 g/mol. The van der Waals surface area contributed by atoms with Crippen molar-refractivity contribution in [3.8, 4) is 0 Å². The van der Waals surface area contributed by atoms with Gasteiger partial charge in [-0.25, -0.2) is 0 Å². The molecule has 0 aliphatic carbocycles. The van der Waals surface area contributed by atoms with Gasteiger partial charge in [-0.1, -0.05) is 19.4 Å². The largest absolute Gasteiger partial charge is 0.692 e. The van der Waals surface area contributed by atoms with E-state index < -0.39 is 8.25 Å². The predicted octanol–water partition coefficient (Wildman–Crippen LogP) is 1.60. The maximum Gasteiger partial charge on any atom is 0.692 e. The summed E-state index contributed by atoms with van der Waals surface area (Å²) in [7, 11) is -2.87. The van der Waals surface area contributed by atoms with Crippen LogP contribution in [0.25, 0.3) is 0 Å². The van der Waals surface area contributed by atoms with Gasteiger partial charge in [-0.15, -0.1) is 16.4 Å². The molecule has 0 saturated heterocycles. The Balaban J connectivity index is 0. The zero-order valence-corrected chi connectivity index (χ0v) is 6.34. The summed E-state index contributed by atoms with van der Waals surface area (Å²) < 4.78 is 8.70. The molecule has 0 rings (SSSR count). The number of hydrogen-bond donors (Lipinski definition) is 2. The summed E-state index contributed by atoms with van der Waals surface area (Å²) in [6, 6.07) is 0. The molecule has 0 radical (unpaired) electrons. The van der Waals surface area contributed by atoms with Crippen molar-refractivity contribution in [2.45, 2.75) is 19.8 Å². The highest BCUT2D eigenvalue weighted by Crippen LogP contribution is 1.98. The summed E-state index contributed by atoms with van der Waals surface area (Å²) in [6.07, 6.45) is 4.31. The summed E-state index contributed by atoms with van der Waals surface area (Å²) in [5.41, 5.74) is 0. The molecule has 0 amide bonds. The highest BCUT2D eigenvalue weighted by molar-refractivity contribution is 7.30. The zero-order valence-electron chi connectivity index (χ0n) is 5.45. The highest BCUT2D eigenvalue weighted by Gasteiger charge is 1.93. The van der Waals surface area contributed by atoms with Crippen molar-refractivity contribution < 1.29 is 14.4 Å². The fourth-order valence-electron chi connectivity index (χ4n) is 0.204. The lowest BCUT2D eigenvalue weighted by Gasteiger charge is -1.72. The van der Waals surface area contributed by atoms with Crippen LogP contribution < -0.4 is 0 Å². The first-order valence-corrected chi connectivity index (χ1v) is 3.77. The second kappa shape index (κ2) is 10.7. The Labute approximate surface area is 56.0 Å². The second-order valence-corrected chi connectivity index (χ2v) is 1.84. The van der Waals surface area contributed by atoms with Gasteiger partial charge in [-0.2, -0.15) is 0 Å². The molecule has 2 N–H and O–H groups in total. The van der Waals surface area contributed by atoms with Crippen LogP contribution in [0.4, 0.5) is 0 Å². The van der Waals surface area contributed by atoms with Crippen molar-refractivity contribution in [3.63, 3.8) is 0 Å². The molecular formula is C5H12O3P+. The molecule has 0 spiro atoms. The summed E-state index contributed by atoms with van der Waals surface area (Å²) in [4.78, 5) is 14.2. The molecule has 0 unspecified atom stereocenters. The van der Waals surface area contributed by atoms with Gasteiger partial charge in [0.15, 0.2) is 0 Å². The Morgan fingerprint density at radius 2 is 2.00 bits per heavy atom. The molecule has 0 aliphatic heterocycles. The summed E-state index contributed by atoms with van der Waals surface area (Å²) in [6.45, 7) is 5.69. The van der Waals surface area contributed by atoms with Crippen LogP contribution in [-0.4, -0.2) is 9.79 Å². The molecular weight excluding hydrogens is 139 g/mol. The van der Waals surface area contributed by atoms with Gasteiger partial charge in [0.1, 0.15) is 0 Å². The first-order valence-electron chi connectivity index (χ1n) is 2.61. The number of allylic oxidation sites excluding steroid dienone is 1. The molecule has 0 atom stereocenters. The van der Waals surface area contributed by atoms with Crippen LogP contribution in [0.1, 0.15) is 19.8 Å². The van der Waals surface area contributed by atoms with Crippen LogP contribution in [-0.2, 0) is 4.57 Å². The molecule has 0 aromatic rings. The Bertz CT molecular complexity index is 78.3. The molecule has 0 saturated carbocycles. The van der Waals surface area contributed by atoms with Crippen molar-refractivity contribution >= 4 is 8.25 Å². The molecule has 0 aliphatic rings. The maximum atomic E-state index is 8.70. The summed E-state index contributed by atoms with van der Waals surface area (Å²) in [5, 5.41) is 0. The normalized spacial score (nSPS) is 7.00. The molecule has 3 nitrogen and oxygen atoms in total. The first kappa shape index (κ1) is 11.5. The van der Waals surface area contributed by atoms with E-state index in [-0.39, 0.29) is 0 Å². The minimum atomic E-state index is -2.87. The van der Waals surface area contributed by atoms with E-state index in [1.165, 1.54) is 6.42 Å². The van der Waals surface area contributed by atoms with Gasteiger partial charge in [0, 0.05) is 4.57 Å². The fourth-order valence-corrected chi connectivity index (χ4v) is 0.204. The van der Waals surface area contributed by atoms with Crippen molar-refractivity contribution in [1.82, 2.24) is 0 Å². The van der Waals surface area contributed by atoms with E-state index in [1.54, 1.807) is 0 Å². The highest BCUT2D eigenvalue weighted by atomic mass is 31.1. The van der Waals surface area contributed by atoms with Crippen molar-refractivity contribution in [2.75, 3.05) is 0 Å². The summed E-state index contributed by atoms with van der Waals surface area (Å²) in [5.74, 6) is 0. The number of hydrogen-bond acceptors (Lipinski definition) is 1. The van der Waals surface area contributed by atoms with E-state index in [0.717, 1.165) is 6.42 Å². The standard InChI is InChI=1S/C5H10.HO3P/c1-3-5-4-2;1-4(2)3/h3H,1,4-5H2,2H3;(H-,1,2,3)/p+1. The van der Waals surface area contributed by atoms with Gasteiger partial charge in [-0.3, -0.25) is 0 Å². The molecule has 9 heavy (non-hydrogen) atoms. The quantitative estimate of drug-likeness (QED) is 0.465. The van der Waals surface area contributed by atoms with Gasteiger partial charge in [0.25, 0.3) is 0 Å². The Kier molecular flexibility index (Phi) is 13.7. The molecule has 0 fully saturated rings. The third kappa shape index (κ3) is 83.1. The van der Waals surface area contributed by atoms with Crippen molar-refractivity contribution in [3.05, 3.63) is 12.7 Å².